The molecule has 1 aliphatic rings. The first-order valence-corrected chi connectivity index (χ1v) is 3.42. The molecular formula is C6H12O5. The maximum absolute atomic E-state index is 9.20. The van der Waals surface area contributed by atoms with Gasteiger partial charge in [-0.3, -0.25) is 0 Å². The first-order valence-electron chi connectivity index (χ1n) is 3.42. The van der Waals surface area contributed by atoms with E-state index in [2.05, 4.69) is 0 Å². The van der Waals surface area contributed by atoms with Crippen molar-refractivity contribution in [1.82, 2.24) is 0 Å². The smallest absolute Gasteiger partial charge is 0.147 e. The highest BCUT2D eigenvalue weighted by Gasteiger charge is 2.29. The van der Waals surface area contributed by atoms with Crippen LogP contribution in [0.3, 0.4) is 0 Å². The summed E-state index contributed by atoms with van der Waals surface area (Å²) >= 11 is 0. The lowest BCUT2D eigenvalue weighted by Gasteiger charge is -2.19. The van der Waals surface area contributed by atoms with Gasteiger partial charge in [0.05, 0.1) is 13.2 Å². The fraction of sp³-hybridized carbons (Fsp3) is 1.00. The quantitative estimate of drug-likeness (QED) is 0.453. The van der Waals surface area contributed by atoms with Gasteiger partial charge in [-0.1, -0.05) is 0 Å². The van der Waals surface area contributed by atoms with Gasteiger partial charge in [-0.2, -0.15) is 0 Å². The minimum absolute atomic E-state index is 0.139. The second-order valence-corrected chi connectivity index (χ2v) is 2.43. The highest BCUT2D eigenvalue weighted by molar-refractivity contribution is 4.77. The van der Waals surface area contributed by atoms with Crippen molar-refractivity contribution < 1.29 is 24.8 Å². The molecule has 1 heterocycles. The Bertz CT molecular complexity index is 112. The minimum Gasteiger partial charge on any atom is -0.394 e. The molecule has 5 nitrogen and oxygen atoms in total. The van der Waals surface area contributed by atoms with Crippen LogP contribution in [0.1, 0.15) is 0 Å². The summed E-state index contributed by atoms with van der Waals surface area (Å²) in [4.78, 5) is 0. The molecule has 1 rings (SSSR count). The van der Waals surface area contributed by atoms with Gasteiger partial charge >= 0.3 is 0 Å². The van der Waals surface area contributed by atoms with E-state index in [1.807, 2.05) is 0 Å². The lowest BCUT2D eigenvalue weighted by atomic mass is 10.1. The van der Waals surface area contributed by atoms with Crippen molar-refractivity contribution >= 4 is 0 Å². The molecule has 0 amide bonds. The van der Waals surface area contributed by atoms with Crippen molar-refractivity contribution in [1.29, 1.82) is 0 Å². The maximum atomic E-state index is 9.20. The van der Waals surface area contributed by atoms with Crippen LogP contribution in [0.15, 0.2) is 0 Å². The van der Waals surface area contributed by atoms with E-state index in [-0.39, 0.29) is 13.4 Å². The first-order chi connectivity index (χ1) is 5.25. The Morgan fingerprint density at radius 3 is 2.64 bits per heavy atom. The summed E-state index contributed by atoms with van der Waals surface area (Å²) in [6.07, 6.45) is -2.73. The van der Waals surface area contributed by atoms with Crippen LogP contribution in [0.25, 0.3) is 0 Å². The van der Waals surface area contributed by atoms with E-state index in [0.29, 0.717) is 0 Å². The molecule has 0 saturated carbocycles. The Morgan fingerprint density at radius 2 is 2.18 bits per heavy atom. The zero-order valence-electron chi connectivity index (χ0n) is 6.01. The normalized spacial score (nSPS) is 30.3. The summed E-state index contributed by atoms with van der Waals surface area (Å²) in [7, 11) is 0. The Balaban J connectivity index is 2.32. The van der Waals surface area contributed by atoms with E-state index < -0.39 is 24.9 Å². The predicted molar refractivity (Wildman–Crippen MR) is 34.8 cm³/mol. The average Bonchev–Trinajstić information content (AvgIpc) is 2.53. The summed E-state index contributed by atoms with van der Waals surface area (Å²) in [6, 6.07) is 0. The summed E-state index contributed by atoms with van der Waals surface area (Å²) < 4.78 is 9.69. The SMILES string of the molecule is OCC(O)C(O)C1COCO1. The second-order valence-electron chi connectivity index (χ2n) is 2.43. The molecule has 66 valence electrons. The zero-order valence-corrected chi connectivity index (χ0v) is 6.01. The molecule has 11 heavy (non-hydrogen) atoms. The average molecular weight is 164 g/mol. The van der Waals surface area contributed by atoms with Gasteiger partial charge < -0.3 is 24.8 Å². The highest BCUT2D eigenvalue weighted by atomic mass is 16.7. The molecule has 0 radical (unpaired) electrons. The summed E-state index contributed by atoms with van der Waals surface area (Å²) in [6.45, 7) is -0.0703. The van der Waals surface area contributed by atoms with E-state index in [0.717, 1.165) is 0 Å². The van der Waals surface area contributed by atoms with Crippen LogP contribution in [0.5, 0.6) is 0 Å². The molecule has 0 spiro atoms. The second kappa shape index (κ2) is 3.99. The molecule has 1 aliphatic heterocycles. The summed E-state index contributed by atoms with van der Waals surface area (Å²) in [5.41, 5.74) is 0. The van der Waals surface area contributed by atoms with Crippen LogP contribution in [-0.2, 0) is 9.47 Å². The van der Waals surface area contributed by atoms with Gasteiger partial charge in [0.2, 0.25) is 0 Å². The topological polar surface area (TPSA) is 79.2 Å². The Kier molecular flexibility index (Phi) is 3.22. The van der Waals surface area contributed by atoms with Crippen LogP contribution in [0, 0.1) is 0 Å². The third kappa shape index (κ3) is 2.11. The van der Waals surface area contributed by atoms with Gasteiger partial charge in [-0.25, -0.2) is 0 Å². The minimum atomic E-state index is -1.15. The lowest BCUT2D eigenvalue weighted by molar-refractivity contribution is -0.0813. The summed E-state index contributed by atoms with van der Waals surface area (Å²) in [5.74, 6) is 0. The van der Waals surface area contributed by atoms with Gasteiger partial charge in [0.25, 0.3) is 0 Å². The standard InChI is InChI=1S/C6H12O5/c7-1-4(8)6(9)5-2-10-3-11-5/h4-9H,1-3H2. The van der Waals surface area contributed by atoms with E-state index >= 15 is 0 Å². The van der Waals surface area contributed by atoms with E-state index in [1.165, 1.54) is 0 Å². The molecule has 0 aromatic heterocycles. The van der Waals surface area contributed by atoms with Gasteiger partial charge in [0.1, 0.15) is 25.1 Å². The Hall–Kier alpha value is -0.200. The van der Waals surface area contributed by atoms with Crippen molar-refractivity contribution in [2.24, 2.45) is 0 Å². The molecule has 0 bridgehead atoms. The molecule has 1 fully saturated rings. The van der Waals surface area contributed by atoms with Crippen molar-refractivity contribution in [2.75, 3.05) is 20.0 Å². The fourth-order valence-electron chi connectivity index (χ4n) is 0.901. The number of aliphatic hydroxyl groups is 3. The van der Waals surface area contributed by atoms with Crippen molar-refractivity contribution in [3.05, 3.63) is 0 Å². The molecule has 3 unspecified atom stereocenters. The number of aliphatic hydroxyl groups excluding tert-OH is 3. The number of hydrogen-bond donors (Lipinski definition) is 3. The van der Waals surface area contributed by atoms with Crippen LogP contribution in [0.2, 0.25) is 0 Å². The maximum Gasteiger partial charge on any atom is 0.147 e. The molecule has 1 saturated heterocycles. The van der Waals surface area contributed by atoms with Gasteiger partial charge in [0, 0.05) is 0 Å². The van der Waals surface area contributed by atoms with E-state index in [1.54, 1.807) is 0 Å². The van der Waals surface area contributed by atoms with Crippen molar-refractivity contribution in [3.8, 4) is 0 Å². The van der Waals surface area contributed by atoms with Gasteiger partial charge in [-0.05, 0) is 0 Å². The number of rotatable bonds is 3. The molecule has 0 aliphatic carbocycles. The first kappa shape index (κ1) is 8.89. The monoisotopic (exact) mass is 164 g/mol. The fourth-order valence-corrected chi connectivity index (χ4v) is 0.901. The van der Waals surface area contributed by atoms with Gasteiger partial charge in [0.15, 0.2) is 0 Å². The third-order valence-electron chi connectivity index (χ3n) is 1.61. The molecule has 0 aromatic rings. The third-order valence-corrected chi connectivity index (χ3v) is 1.61. The molecule has 5 heteroatoms. The predicted octanol–water partition coefficient (Wildman–Crippen LogP) is -1.93. The lowest BCUT2D eigenvalue weighted by Crippen LogP contribution is -2.40. The van der Waals surface area contributed by atoms with Crippen molar-refractivity contribution in [3.63, 3.8) is 0 Å². The van der Waals surface area contributed by atoms with Crippen LogP contribution in [-0.4, -0.2) is 53.6 Å². The zero-order chi connectivity index (χ0) is 8.27. The van der Waals surface area contributed by atoms with Crippen LogP contribution in [0.4, 0.5) is 0 Å². The number of hydrogen-bond acceptors (Lipinski definition) is 5. The van der Waals surface area contributed by atoms with Gasteiger partial charge in [-0.15, -0.1) is 0 Å². The van der Waals surface area contributed by atoms with Crippen LogP contribution < -0.4 is 0 Å². The van der Waals surface area contributed by atoms with E-state index in [9.17, 15) is 5.11 Å². The number of ether oxygens (including phenoxy) is 2. The highest BCUT2D eigenvalue weighted by Crippen LogP contribution is 2.10. The molecule has 3 N–H and O–H groups in total. The molecular weight excluding hydrogens is 152 g/mol. The molecule has 3 atom stereocenters. The Labute approximate surface area is 64.2 Å². The van der Waals surface area contributed by atoms with Crippen molar-refractivity contribution in [2.45, 2.75) is 18.3 Å². The van der Waals surface area contributed by atoms with E-state index in [4.69, 9.17) is 19.7 Å². The summed E-state index contributed by atoms with van der Waals surface area (Å²) in [5, 5.41) is 26.6. The largest absolute Gasteiger partial charge is 0.394 e. The molecule has 0 aromatic carbocycles. The Morgan fingerprint density at radius 1 is 1.45 bits per heavy atom. The van der Waals surface area contributed by atoms with Crippen LogP contribution >= 0.6 is 0 Å².